The van der Waals surface area contributed by atoms with Gasteiger partial charge in [-0.25, -0.2) is 0 Å². The Labute approximate surface area is 179 Å². The standard InChI is InChI=1S/C25H33N3O2/c1-18-8-9-21(24(12-18)30-17-19-10-11-29-16-19)14-27-25(26-2)28-15-22-13-23(22)20-6-4-3-5-7-20/h3-9,12,19,22-23H,10-11,13-17H2,1-2H3,(H2,26,27,28). The topological polar surface area (TPSA) is 54.9 Å². The van der Waals surface area contributed by atoms with E-state index in [1.54, 1.807) is 0 Å². The molecule has 1 saturated carbocycles. The highest BCUT2D eigenvalue weighted by atomic mass is 16.5. The molecule has 5 nitrogen and oxygen atoms in total. The molecule has 1 heterocycles. The summed E-state index contributed by atoms with van der Waals surface area (Å²) in [5.74, 6) is 3.64. The van der Waals surface area contributed by atoms with Crippen molar-refractivity contribution in [1.82, 2.24) is 10.6 Å². The zero-order valence-electron chi connectivity index (χ0n) is 18.1. The Morgan fingerprint density at radius 3 is 2.80 bits per heavy atom. The fourth-order valence-electron chi connectivity index (χ4n) is 4.07. The van der Waals surface area contributed by atoms with E-state index in [-0.39, 0.29) is 0 Å². The minimum atomic E-state index is 0.497. The van der Waals surface area contributed by atoms with Crippen LogP contribution in [0.3, 0.4) is 0 Å². The highest BCUT2D eigenvalue weighted by Gasteiger charge is 2.37. The third-order valence-corrected chi connectivity index (χ3v) is 6.07. The molecule has 5 heteroatoms. The first-order chi connectivity index (χ1) is 14.7. The van der Waals surface area contributed by atoms with E-state index in [1.165, 1.54) is 17.5 Å². The maximum absolute atomic E-state index is 6.16. The molecule has 4 rings (SSSR count). The molecule has 2 fully saturated rings. The Hall–Kier alpha value is -2.53. The Morgan fingerprint density at radius 1 is 1.17 bits per heavy atom. The van der Waals surface area contributed by atoms with Crippen molar-refractivity contribution >= 4 is 5.96 Å². The lowest BCUT2D eigenvalue weighted by Gasteiger charge is -2.17. The lowest BCUT2D eigenvalue weighted by molar-refractivity contribution is 0.166. The molecule has 2 N–H and O–H groups in total. The molecule has 3 atom stereocenters. The summed E-state index contributed by atoms with van der Waals surface area (Å²) in [7, 11) is 1.82. The van der Waals surface area contributed by atoms with Gasteiger partial charge in [-0.1, -0.05) is 42.5 Å². The molecule has 2 aromatic rings. The van der Waals surface area contributed by atoms with Crippen LogP contribution in [0.2, 0.25) is 0 Å². The summed E-state index contributed by atoms with van der Waals surface area (Å²) >= 11 is 0. The molecule has 1 saturated heterocycles. The average Bonchev–Trinajstić information content (AvgIpc) is 3.36. The molecular weight excluding hydrogens is 374 g/mol. The summed E-state index contributed by atoms with van der Waals surface area (Å²) in [4.78, 5) is 4.39. The van der Waals surface area contributed by atoms with Crippen LogP contribution in [0.4, 0.5) is 0 Å². The third-order valence-electron chi connectivity index (χ3n) is 6.07. The fraction of sp³-hybridized carbons (Fsp3) is 0.480. The van der Waals surface area contributed by atoms with Crippen LogP contribution in [0.25, 0.3) is 0 Å². The van der Waals surface area contributed by atoms with Gasteiger partial charge in [0.05, 0.1) is 13.2 Å². The Balaban J connectivity index is 1.26. The number of ether oxygens (including phenoxy) is 2. The number of hydrogen-bond acceptors (Lipinski definition) is 3. The van der Waals surface area contributed by atoms with E-state index >= 15 is 0 Å². The van der Waals surface area contributed by atoms with E-state index in [2.05, 4.69) is 71.1 Å². The lowest BCUT2D eigenvalue weighted by atomic mass is 10.1. The monoisotopic (exact) mass is 407 g/mol. The van der Waals surface area contributed by atoms with Crippen LogP contribution in [0, 0.1) is 18.8 Å². The Bertz CT molecular complexity index is 847. The maximum atomic E-state index is 6.16. The molecule has 0 bridgehead atoms. The van der Waals surface area contributed by atoms with Crippen LogP contribution in [-0.4, -0.2) is 39.4 Å². The summed E-state index contributed by atoms with van der Waals surface area (Å²) in [5, 5.41) is 6.94. The number of aliphatic imine (C=N–C) groups is 1. The van der Waals surface area contributed by atoms with Crippen molar-refractivity contribution in [3.05, 3.63) is 65.2 Å². The molecule has 1 aliphatic carbocycles. The van der Waals surface area contributed by atoms with Gasteiger partial charge in [0.25, 0.3) is 0 Å². The summed E-state index contributed by atoms with van der Waals surface area (Å²) in [6.07, 6.45) is 2.33. The molecule has 30 heavy (non-hydrogen) atoms. The largest absolute Gasteiger partial charge is 0.493 e. The molecule has 0 amide bonds. The van der Waals surface area contributed by atoms with Crippen molar-refractivity contribution in [3.63, 3.8) is 0 Å². The number of nitrogens with zero attached hydrogens (tertiary/aromatic N) is 1. The molecule has 160 valence electrons. The van der Waals surface area contributed by atoms with Gasteiger partial charge in [0.2, 0.25) is 0 Å². The van der Waals surface area contributed by atoms with Crippen molar-refractivity contribution in [2.24, 2.45) is 16.8 Å². The maximum Gasteiger partial charge on any atom is 0.191 e. The molecular formula is C25H33N3O2. The molecule has 1 aliphatic heterocycles. The van der Waals surface area contributed by atoms with Gasteiger partial charge < -0.3 is 20.1 Å². The molecule has 2 aliphatic rings. The van der Waals surface area contributed by atoms with Gasteiger partial charge in [-0.3, -0.25) is 4.99 Å². The lowest BCUT2D eigenvalue weighted by Crippen LogP contribution is -2.38. The molecule has 0 spiro atoms. The summed E-state index contributed by atoms with van der Waals surface area (Å²) in [6.45, 7) is 6.10. The van der Waals surface area contributed by atoms with E-state index in [0.717, 1.165) is 43.5 Å². The van der Waals surface area contributed by atoms with Gasteiger partial charge in [0, 0.05) is 38.2 Å². The normalized spacial score (nSPS) is 23.3. The van der Waals surface area contributed by atoms with Crippen molar-refractivity contribution in [3.8, 4) is 5.75 Å². The fourth-order valence-corrected chi connectivity index (χ4v) is 4.07. The summed E-state index contributed by atoms with van der Waals surface area (Å²) < 4.78 is 11.6. The van der Waals surface area contributed by atoms with Crippen molar-refractivity contribution in [1.29, 1.82) is 0 Å². The van der Waals surface area contributed by atoms with Crippen LogP contribution in [-0.2, 0) is 11.3 Å². The number of hydrogen-bond donors (Lipinski definition) is 2. The quantitative estimate of drug-likeness (QED) is 0.515. The number of guanidine groups is 1. The minimum absolute atomic E-state index is 0.497. The number of aryl methyl sites for hydroxylation is 1. The van der Waals surface area contributed by atoms with Crippen LogP contribution in [0.1, 0.15) is 35.4 Å². The average molecular weight is 408 g/mol. The second-order valence-corrected chi connectivity index (χ2v) is 8.47. The SMILES string of the molecule is CN=C(NCc1ccc(C)cc1OCC1CCOC1)NCC1CC1c1ccccc1. The van der Waals surface area contributed by atoms with E-state index in [9.17, 15) is 0 Å². The van der Waals surface area contributed by atoms with Gasteiger partial charge >= 0.3 is 0 Å². The smallest absolute Gasteiger partial charge is 0.191 e. The predicted molar refractivity (Wildman–Crippen MR) is 121 cm³/mol. The van der Waals surface area contributed by atoms with Gasteiger partial charge in [-0.15, -0.1) is 0 Å². The number of rotatable bonds is 8. The first-order valence-corrected chi connectivity index (χ1v) is 11.0. The second kappa shape index (κ2) is 9.98. The molecule has 0 aromatic heterocycles. The Kier molecular flexibility index (Phi) is 6.90. The van der Waals surface area contributed by atoms with E-state index in [0.29, 0.717) is 30.9 Å². The Morgan fingerprint density at radius 2 is 2.03 bits per heavy atom. The molecule has 2 aromatic carbocycles. The second-order valence-electron chi connectivity index (χ2n) is 8.47. The number of benzene rings is 2. The first kappa shape index (κ1) is 20.7. The van der Waals surface area contributed by atoms with Crippen LogP contribution in [0.15, 0.2) is 53.5 Å². The number of nitrogens with one attached hydrogen (secondary N) is 2. The zero-order chi connectivity index (χ0) is 20.8. The first-order valence-electron chi connectivity index (χ1n) is 11.0. The van der Waals surface area contributed by atoms with Crippen molar-refractivity contribution in [2.75, 3.05) is 33.4 Å². The van der Waals surface area contributed by atoms with Gasteiger partial charge in [-0.2, -0.15) is 0 Å². The van der Waals surface area contributed by atoms with E-state index in [4.69, 9.17) is 9.47 Å². The third kappa shape index (κ3) is 5.54. The predicted octanol–water partition coefficient (Wildman–Crippen LogP) is 3.88. The highest BCUT2D eigenvalue weighted by Crippen LogP contribution is 2.46. The minimum Gasteiger partial charge on any atom is -0.493 e. The van der Waals surface area contributed by atoms with E-state index < -0.39 is 0 Å². The van der Waals surface area contributed by atoms with Crippen molar-refractivity contribution in [2.45, 2.75) is 32.2 Å². The highest BCUT2D eigenvalue weighted by molar-refractivity contribution is 5.79. The van der Waals surface area contributed by atoms with Crippen LogP contribution < -0.4 is 15.4 Å². The van der Waals surface area contributed by atoms with Crippen molar-refractivity contribution < 1.29 is 9.47 Å². The van der Waals surface area contributed by atoms with Gasteiger partial charge in [0.1, 0.15) is 5.75 Å². The molecule has 3 unspecified atom stereocenters. The van der Waals surface area contributed by atoms with Gasteiger partial charge in [-0.05, 0) is 48.8 Å². The zero-order valence-corrected chi connectivity index (χ0v) is 18.1. The molecule has 0 radical (unpaired) electrons. The summed E-state index contributed by atoms with van der Waals surface area (Å²) in [5.41, 5.74) is 3.80. The van der Waals surface area contributed by atoms with E-state index in [1.807, 2.05) is 7.05 Å². The van der Waals surface area contributed by atoms with Crippen LogP contribution in [0.5, 0.6) is 5.75 Å². The van der Waals surface area contributed by atoms with Gasteiger partial charge in [0.15, 0.2) is 5.96 Å². The van der Waals surface area contributed by atoms with Crippen LogP contribution >= 0.6 is 0 Å². The summed E-state index contributed by atoms with van der Waals surface area (Å²) in [6, 6.07) is 17.2.